The number of ether oxygens (including phenoxy) is 1. The lowest BCUT2D eigenvalue weighted by atomic mass is 9.88. The van der Waals surface area contributed by atoms with Gasteiger partial charge in [0, 0.05) is 6.54 Å². The van der Waals surface area contributed by atoms with E-state index in [1.165, 1.54) is 0 Å². The van der Waals surface area contributed by atoms with Crippen molar-refractivity contribution >= 4 is 5.91 Å². The number of hydrogen-bond acceptors (Lipinski definition) is 3. The smallest absolute Gasteiger partial charge is 0.229 e. The van der Waals surface area contributed by atoms with Gasteiger partial charge in [0.1, 0.15) is 5.76 Å². The zero-order chi connectivity index (χ0) is 15.6. The first-order valence-electron chi connectivity index (χ1n) is 8.30. The molecule has 3 unspecified atom stereocenters. The van der Waals surface area contributed by atoms with E-state index in [0.29, 0.717) is 13.1 Å². The topological polar surface area (TPSA) is 42.7 Å². The zero-order valence-electron chi connectivity index (χ0n) is 13.1. The summed E-state index contributed by atoms with van der Waals surface area (Å²) in [5.41, 5.74) is 1.14. The fourth-order valence-corrected chi connectivity index (χ4v) is 3.74. The first-order valence-corrected chi connectivity index (χ1v) is 8.30. The van der Waals surface area contributed by atoms with Gasteiger partial charge in [-0.3, -0.25) is 4.79 Å². The van der Waals surface area contributed by atoms with Crippen LogP contribution in [0.2, 0.25) is 0 Å². The molecule has 23 heavy (non-hydrogen) atoms. The molecule has 2 fully saturated rings. The molecule has 1 aromatic heterocycles. The van der Waals surface area contributed by atoms with Crippen molar-refractivity contribution in [3.8, 4) is 0 Å². The predicted molar refractivity (Wildman–Crippen MR) is 85.4 cm³/mol. The van der Waals surface area contributed by atoms with Crippen LogP contribution in [0, 0.1) is 5.92 Å². The van der Waals surface area contributed by atoms with E-state index >= 15 is 0 Å². The maximum absolute atomic E-state index is 13.1. The molecule has 0 saturated carbocycles. The van der Waals surface area contributed by atoms with Gasteiger partial charge in [0.25, 0.3) is 0 Å². The quantitative estimate of drug-likeness (QED) is 0.850. The first kappa shape index (κ1) is 14.5. The van der Waals surface area contributed by atoms with Crippen molar-refractivity contribution in [2.45, 2.75) is 44.6 Å². The van der Waals surface area contributed by atoms with E-state index in [4.69, 9.17) is 9.15 Å². The second-order valence-electron chi connectivity index (χ2n) is 6.48. The highest BCUT2D eigenvalue weighted by molar-refractivity contribution is 5.80. The van der Waals surface area contributed by atoms with Crippen molar-refractivity contribution in [3.05, 3.63) is 60.1 Å². The van der Waals surface area contributed by atoms with E-state index < -0.39 is 0 Å². The Labute approximate surface area is 136 Å². The Morgan fingerprint density at radius 2 is 1.96 bits per heavy atom. The average molecular weight is 311 g/mol. The molecule has 2 bridgehead atoms. The molecule has 0 radical (unpaired) electrons. The highest BCUT2D eigenvalue weighted by Crippen LogP contribution is 2.40. The largest absolute Gasteiger partial charge is 0.467 e. The molecule has 4 heteroatoms. The van der Waals surface area contributed by atoms with E-state index in [-0.39, 0.29) is 24.0 Å². The number of amides is 1. The molecule has 2 aromatic rings. The number of rotatable bonds is 5. The van der Waals surface area contributed by atoms with Gasteiger partial charge in [-0.2, -0.15) is 0 Å². The predicted octanol–water partition coefficient (Wildman–Crippen LogP) is 3.38. The van der Waals surface area contributed by atoms with Gasteiger partial charge >= 0.3 is 0 Å². The number of nitrogens with zero attached hydrogens (tertiary/aromatic N) is 1. The van der Waals surface area contributed by atoms with Crippen molar-refractivity contribution in [2.75, 3.05) is 0 Å². The van der Waals surface area contributed by atoms with Crippen molar-refractivity contribution < 1.29 is 13.9 Å². The van der Waals surface area contributed by atoms with Gasteiger partial charge in [-0.15, -0.1) is 0 Å². The molecule has 0 N–H and O–H groups in total. The van der Waals surface area contributed by atoms with Gasteiger partial charge in [0.2, 0.25) is 5.91 Å². The number of hydrogen-bond donors (Lipinski definition) is 0. The maximum atomic E-state index is 13.1. The SMILES string of the molecule is O=C(C1CC2CCC1O2)N(Cc1ccccc1)Cc1ccco1. The van der Waals surface area contributed by atoms with Crippen LogP contribution < -0.4 is 0 Å². The monoisotopic (exact) mass is 311 g/mol. The number of carbonyl (C=O) groups excluding carboxylic acids is 1. The van der Waals surface area contributed by atoms with Gasteiger partial charge in [-0.1, -0.05) is 30.3 Å². The van der Waals surface area contributed by atoms with Gasteiger partial charge in [0.05, 0.1) is 30.9 Å². The van der Waals surface area contributed by atoms with Crippen molar-refractivity contribution in [1.82, 2.24) is 4.90 Å². The number of fused-ring (bicyclic) bond motifs is 2. The Morgan fingerprint density at radius 3 is 2.61 bits per heavy atom. The Bertz CT molecular complexity index is 653. The second kappa shape index (κ2) is 6.20. The third-order valence-electron chi connectivity index (χ3n) is 4.88. The summed E-state index contributed by atoms with van der Waals surface area (Å²) in [4.78, 5) is 15.0. The lowest BCUT2D eigenvalue weighted by Crippen LogP contribution is -2.39. The molecular formula is C19H21NO3. The van der Waals surface area contributed by atoms with Gasteiger partial charge in [-0.05, 0) is 37.0 Å². The van der Waals surface area contributed by atoms with Gasteiger partial charge in [0.15, 0.2) is 0 Å². The van der Waals surface area contributed by atoms with E-state index in [1.807, 2.05) is 35.2 Å². The second-order valence-corrected chi connectivity index (χ2v) is 6.48. The fraction of sp³-hybridized carbons (Fsp3) is 0.421. The summed E-state index contributed by atoms with van der Waals surface area (Å²) in [7, 11) is 0. The first-order chi connectivity index (χ1) is 11.3. The molecule has 3 heterocycles. The van der Waals surface area contributed by atoms with E-state index in [1.54, 1.807) is 6.26 Å². The fourth-order valence-electron chi connectivity index (χ4n) is 3.74. The van der Waals surface area contributed by atoms with E-state index in [9.17, 15) is 4.79 Å². The summed E-state index contributed by atoms with van der Waals surface area (Å²) >= 11 is 0. The molecule has 120 valence electrons. The van der Waals surface area contributed by atoms with Crippen LogP contribution in [0.15, 0.2) is 53.1 Å². The molecule has 0 spiro atoms. The summed E-state index contributed by atoms with van der Waals surface area (Å²) in [6, 6.07) is 13.9. The van der Waals surface area contributed by atoms with E-state index in [0.717, 1.165) is 30.6 Å². The van der Waals surface area contributed by atoms with E-state index in [2.05, 4.69) is 12.1 Å². The molecule has 2 aliphatic rings. The van der Waals surface area contributed by atoms with Crippen LogP contribution in [0.5, 0.6) is 0 Å². The summed E-state index contributed by atoms with van der Waals surface area (Å²) < 4.78 is 11.3. The van der Waals surface area contributed by atoms with Gasteiger partial charge in [-0.25, -0.2) is 0 Å². The van der Waals surface area contributed by atoms with Crippen LogP contribution in [-0.4, -0.2) is 23.0 Å². The third kappa shape index (κ3) is 3.04. The third-order valence-corrected chi connectivity index (χ3v) is 4.88. The minimum atomic E-state index is 0.00687. The number of benzene rings is 1. The molecule has 1 amide bonds. The average Bonchev–Trinajstić information content (AvgIpc) is 3.32. The standard InChI is InChI=1S/C19H21NO3/c21-19(17-11-15-8-9-18(17)23-15)20(13-16-7-4-10-22-16)12-14-5-2-1-3-6-14/h1-7,10,15,17-18H,8-9,11-13H2. The molecule has 3 atom stereocenters. The summed E-state index contributed by atoms with van der Waals surface area (Å²) in [6.45, 7) is 1.11. The summed E-state index contributed by atoms with van der Waals surface area (Å²) in [5, 5.41) is 0. The molecule has 4 nitrogen and oxygen atoms in total. The lowest BCUT2D eigenvalue weighted by molar-refractivity contribution is -0.138. The minimum absolute atomic E-state index is 0.00687. The Balaban J connectivity index is 1.53. The number of furan rings is 1. The number of carbonyl (C=O) groups is 1. The van der Waals surface area contributed by atoms with Crippen LogP contribution >= 0.6 is 0 Å². The van der Waals surface area contributed by atoms with Gasteiger partial charge < -0.3 is 14.1 Å². The van der Waals surface area contributed by atoms with Crippen LogP contribution in [-0.2, 0) is 22.6 Å². The highest BCUT2D eigenvalue weighted by Gasteiger charge is 2.45. The zero-order valence-corrected chi connectivity index (χ0v) is 13.1. The minimum Gasteiger partial charge on any atom is -0.467 e. The van der Waals surface area contributed by atoms with Crippen LogP contribution in [0.1, 0.15) is 30.6 Å². The molecule has 1 aromatic carbocycles. The van der Waals surface area contributed by atoms with Crippen LogP contribution in [0.3, 0.4) is 0 Å². The molecule has 2 aliphatic heterocycles. The Kier molecular flexibility index (Phi) is 3.92. The molecule has 4 rings (SSSR count). The molecular weight excluding hydrogens is 290 g/mol. The Hall–Kier alpha value is -2.07. The normalized spacial score (nSPS) is 25.7. The maximum Gasteiger partial charge on any atom is 0.229 e. The van der Waals surface area contributed by atoms with Crippen molar-refractivity contribution in [2.24, 2.45) is 5.92 Å². The molecule has 2 saturated heterocycles. The Morgan fingerprint density at radius 1 is 1.09 bits per heavy atom. The summed E-state index contributed by atoms with van der Waals surface area (Å²) in [6.07, 6.45) is 5.04. The molecule has 0 aliphatic carbocycles. The van der Waals surface area contributed by atoms with Crippen LogP contribution in [0.4, 0.5) is 0 Å². The summed E-state index contributed by atoms with van der Waals surface area (Å²) in [5.74, 6) is 1.02. The lowest BCUT2D eigenvalue weighted by Gasteiger charge is -2.27. The van der Waals surface area contributed by atoms with Crippen molar-refractivity contribution in [1.29, 1.82) is 0 Å². The van der Waals surface area contributed by atoms with Crippen LogP contribution in [0.25, 0.3) is 0 Å². The highest BCUT2D eigenvalue weighted by atomic mass is 16.5. The van der Waals surface area contributed by atoms with Crippen molar-refractivity contribution in [3.63, 3.8) is 0 Å².